The number of carboxylic acids is 1. The van der Waals surface area contributed by atoms with E-state index in [2.05, 4.69) is 15.2 Å². The monoisotopic (exact) mass is 663 g/mol. The van der Waals surface area contributed by atoms with Crippen LogP contribution in [0, 0.1) is 13.8 Å². The van der Waals surface area contributed by atoms with Gasteiger partial charge in [-0.3, -0.25) is 14.2 Å². The van der Waals surface area contributed by atoms with Crippen LogP contribution < -0.4 is 4.90 Å². The Hall–Kier alpha value is -3.82. The number of sulfonamides is 1. The summed E-state index contributed by atoms with van der Waals surface area (Å²) in [6.45, 7) is 4.12. The van der Waals surface area contributed by atoms with E-state index in [1.807, 2.05) is 4.90 Å². The van der Waals surface area contributed by atoms with Crippen LogP contribution in [-0.2, 0) is 27.5 Å². The van der Waals surface area contributed by atoms with Gasteiger partial charge in [-0.05, 0) is 68.0 Å². The molecule has 0 saturated carbocycles. The predicted octanol–water partition coefficient (Wildman–Crippen LogP) is 4.98. The molecule has 0 amide bonds. The summed E-state index contributed by atoms with van der Waals surface area (Å²) in [5.74, 6) is -2.82. The summed E-state index contributed by atoms with van der Waals surface area (Å²) in [5, 5.41) is 17.0. The van der Waals surface area contributed by atoms with E-state index in [0.29, 0.717) is 40.4 Å². The first kappa shape index (κ1) is 31.2. The Balaban J connectivity index is 1.41. The van der Waals surface area contributed by atoms with E-state index in [1.165, 1.54) is 28.8 Å². The summed E-state index contributed by atoms with van der Waals surface area (Å²) in [4.78, 5) is 23.3. The van der Waals surface area contributed by atoms with Crippen LogP contribution in [0.3, 0.4) is 0 Å². The first-order chi connectivity index (χ1) is 21.3. The molecule has 2 unspecified atom stereocenters. The maximum absolute atomic E-state index is 14.1. The third kappa shape index (κ3) is 5.72. The number of carbonyl (C=O) groups is 1. The lowest BCUT2D eigenvalue weighted by Crippen LogP contribution is -2.45. The van der Waals surface area contributed by atoms with Gasteiger partial charge in [-0.1, -0.05) is 17.7 Å². The van der Waals surface area contributed by atoms with Crippen LogP contribution in [0.4, 0.5) is 19.0 Å². The Morgan fingerprint density at radius 1 is 1.18 bits per heavy atom. The van der Waals surface area contributed by atoms with Crippen molar-refractivity contribution >= 4 is 39.1 Å². The molecule has 0 spiro atoms. The largest absolute Gasteiger partial charge is 0.481 e. The number of nitrogens with zero attached hydrogens (tertiary/aromatic N) is 7. The third-order valence-electron chi connectivity index (χ3n) is 8.51. The smallest absolute Gasteiger partial charge is 0.452 e. The van der Waals surface area contributed by atoms with E-state index < -0.39 is 40.3 Å². The molecule has 2 atom stereocenters. The number of hydrogen-bond acceptors (Lipinski definition) is 8. The molecule has 11 nitrogen and oxygen atoms in total. The molecule has 238 valence electrons. The van der Waals surface area contributed by atoms with Gasteiger partial charge in [-0.15, -0.1) is 10.2 Å². The molecule has 1 N–H and O–H groups in total. The summed E-state index contributed by atoms with van der Waals surface area (Å²) >= 11 is 6.20. The van der Waals surface area contributed by atoms with Crippen LogP contribution in [0.25, 0.3) is 5.65 Å². The normalized spacial score (nSPS) is 19.2. The van der Waals surface area contributed by atoms with Crippen LogP contribution in [0.1, 0.15) is 65.5 Å². The van der Waals surface area contributed by atoms with Crippen molar-refractivity contribution < 1.29 is 31.5 Å². The quantitative estimate of drug-likeness (QED) is 0.303. The number of halogens is 4. The van der Waals surface area contributed by atoms with Crippen molar-refractivity contribution in [2.24, 2.45) is 0 Å². The molecule has 6 heterocycles. The summed E-state index contributed by atoms with van der Waals surface area (Å²) < 4.78 is 70.7. The minimum Gasteiger partial charge on any atom is -0.481 e. The van der Waals surface area contributed by atoms with Crippen molar-refractivity contribution in [1.82, 2.24) is 28.9 Å². The minimum absolute atomic E-state index is 0.0208. The fourth-order valence-corrected chi connectivity index (χ4v) is 8.07. The van der Waals surface area contributed by atoms with Crippen molar-refractivity contribution in [1.29, 1.82) is 0 Å². The van der Waals surface area contributed by atoms with Gasteiger partial charge in [0.2, 0.25) is 15.8 Å². The summed E-state index contributed by atoms with van der Waals surface area (Å²) in [6.07, 6.45) is 0.101. The van der Waals surface area contributed by atoms with E-state index in [9.17, 15) is 31.5 Å². The Kier molecular flexibility index (Phi) is 7.98. The van der Waals surface area contributed by atoms with E-state index in [0.717, 1.165) is 23.7 Å². The minimum atomic E-state index is -4.73. The Bertz CT molecular complexity index is 1920. The molecular formula is C29H29ClF3N7O4S. The second kappa shape index (κ2) is 11.5. The van der Waals surface area contributed by atoms with Gasteiger partial charge in [0.05, 0.1) is 23.7 Å². The fraction of sp³-hybridized carbons (Fsp3) is 0.414. The van der Waals surface area contributed by atoms with Crippen LogP contribution in [0.15, 0.2) is 41.6 Å². The highest BCUT2D eigenvalue weighted by atomic mass is 35.5. The van der Waals surface area contributed by atoms with Crippen molar-refractivity contribution in [3.63, 3.8) is 0 Å². The van der Waals surface area contributed by atoms with Gasteiger partial charge >= 0.3 is 12.1 Å². The SMILES string of the molecule is Cc1ccc(C(CC(=O)O)c2ccn3c(C(F)(F)F)nnc3c2C)nc1CN1CC2CCCCN2c2ncc(Cl)cc2S1(=O)=O. The average molecular weight is 664 g/mol. The topological polar surface area (TPSA) is 134 Å². The van der Waals surface area contributed by atoms with Gasteiger partial charge in [0.15, 0.2) is 5.65 Å². The number of aryl methyl sites for hydroxylation is 2. The van der Waals surface area contributed by atoms with Gasteiger partial charge in [0, 0.05) is 43.1 Å². The van der Waals surface area contributed by atoms with E-state index in [4.69, 9.17) is 16.6 Å². The Morgan fingerprint density at radius 2 is 1.96 bits per heavy atom. The first-order valence-corrected chi connectivity index (χ1v) is 16.1. The molecule has 1 fully saturated rings. The highest BCUT2D eigenvalue weighted by Crippen LogP contribution is 2.38. The number of pyridine rings is 3. The third-order valence-corrected chi connectivity index (χ3v) is 10.5. The number of aromatic nitrogens is 5. The average Bonchev–Trinajstić information content (AvgIpc) is 3.40. The van der Waals surface area contributed by atoms with Crippen molar-refractivity contribution in [3.8, 4) is 0 Å². The van der Waals surface area contributed by atoms with E-state index in [1.54, 1.807) is 26.0 Å². The summed E-state index contributed by atoms with van der Waals surface area (Å²) in [5.41, 5.74) is 2.13. The van der Waals surface area contributed by atoms with Gasteiger partial charge in [0.1, 0.15) is 10.7 Å². The Morgan fingerprint density at radius 3 is 2.69 bits per heavy atom. The molecule has 45 heavy (non-hydrogen) atoms. The molecular weight excluding hydrogens is 635 g/mol. The standard InChI is InChI=1S/C29H29ClF3N7O4S/c1-16-6-7-22(21(12-25(41)42)20-8-10-40-26(17(20)2)36-37-28(40)29(31,32)33)35-23(16)15-38-14-19-5-3-4-9-39(19)27-24(45(38,43)44)11-18(30)13-34-27/h6-8,10-11,13,19,21H,3-5,9,12,14-15H2,1-2H3,(H,41,42). The number of aliphatic carboxylic acids is 1. The van der Waals surface area contributed by atoms with Crippen molar-refractivity contribution in [3.05, 3.63) is 75.6 Å². The molecule has 1 saturated heterocycles. The maximum atomic E-state index is 14.1. The highest BCUT2D eigenvalue weighted by molar-refractivity contribution is 7.89. The zero-order chi connectivity index (χ0) is 32.3. The number of anilines is 1. The van der Waals surface area contributed by atoms with Gasteiger partial charge in [-0.2, -0.15) is 17.5 Å². The number of piperidine rings is 1. The molecule has 2 aliphatic rings. The van der Waals surface area contributed by atoms with Crippen LogP contribution in [-0.4, -0.2) is 67.5 Å². The van der Waals surface area contributed by atoms with Crippen LogP contribution in [0.2, 0.25) is 5.02 Å². The van der Waals surface area contributed by atoms with E-state index in [-0.39, 0.29) is 34.7 Å². The number of alkyl halides is 3. The fourth-order valence-electron chi connectivity index (χ4n) is 6.24. The van der Waals surface area contributed by atoms with Crippen molar-refractivity contribution in [2.75, 3.05) is 18.0 Å². The second-order valence-electron chi connectivity index (χ2n) is 11.4. The molecule has 0 aliphatic carbocycles. The Labute approximate surface area is 261 Å². The highest BCUT2D eigenvalue weighted by Gasteiger charge is 2.40. The summed E-state index contributed by atoms with van der Waals surface area (Å²) in [6, 6.07) is 6.12. The molecule has 0 aromatic carbocycles. The molecule has 4 aromatic rings. The molecule has 16 heteroatoms. The molecule has 4 aromatic heterocycles. The van der Waals surface area contributed by atoms with Gasteiger partial charge in [-0.25, -0.2) is 13.4 Å². The van der Waals surface area contributed by atoms with Crippen molar-refractivity contribution in [2.45, 2.75) is 69.1 Å². The van der Waals surface area contributed by atoms with Crippen LogP contribution >= 0.6 is 11.6 Å². The first-order valence-electron chi connectivity index (χ1n) is 14.3. The molecule has 0 radical (unpaired) electrons. The molecule has 6 rings (SSSR count). The molecule has 0 bridgehead atoms. The maximum Gasteiger partial charge on any atom is 0.452 e. The van der Waals surface area contributed by atoms with Gasteiger partial charge < -0.3 is 10.0 Å². The lowest BCUT2D eigenvalue weighted by Gasteiger charge is -2.36. The van der Waals surface area contributed by atoms with E-state index >= 15 is 0 Å². The second-order valence-corrected chi connectivity index (χ2v) is 13.7. The zero-order valence-electron chi connectivity index (χ0n) is 24.3. The summed E-state index contributed by atoms with van der Waals surface area (Å²) in [7, 11) is -4.06. The number of fused-ring (bicyclic) bond motifs is 4. The zero-order valence-corrected chi connectivity index (χ0v) is 25.9. The number of carboxylic acid groups (broad SMARTS) is 1. The number of hydrogen-bond donors (Lipinski definition) is 1. The van der Waals surface area contributed by atoms with Crippen LogP contribution in [0.5, 0.6) is 0 Å². The molecule has 2 aliphatic heterocycles. The lowest BCUT2D eigenvalue weighted by molar-refractivity contribution is -0.145. The number of rotatable bonds is 6. The predicted molar refractivity (Wildman–Crippen MR) is 158 cm³/mol. The lowest BCUT2D eigenvalue weighted by atomic mass is 9.89. The van der Waals surface area contributed by atoms with Gasteiger partial charge in [0.25, 0.3) is 0 Å².